The molecule has 2 rings (SSSR count). The van der Waals surface area contributed by atoms with Crippen molar-refractivity contribution in [3.63, 3.8) is 0 Å². The van der Waals surface area contributed by atoms with Crippen molar-refractivity contribution in [1.29, 1.82) is 0 Å². The summed E-state index contributed by atoms with van der Waals surface area (Å²) in [5.74, 6) is -0.135. The van der Waals surface area contributed by atoms with E-state index in [1.807, 2.05) is 13.0 Å². The lowest BCUT2D eigenvalue weighted by molar-refractivity contribution is 0.0519. The van der Waals surface area contributed by atoms with Gasteiger partial charge in [0.2, 0.25) is 0 Å². The Labute approximate surface area is 106 Å². The van der Waals surface area contributed by atoms with Crippen LogP contribution in [-0.2, 0) is 4.74 Å². The van der Waals surface area contributed by atoms with Crippen molar-refractivity contribution in [2.75, 3.05) is 6.61 Å². The first kappa shape index (κ1) is 12.5. The maximum absolute atomic E-state index is 11.8. The molecule has 0 amide bonds. The predicted molar refractivity (Wildman–Crippen MR) is 67.8 cm³/mol. The highest BCUT2D eigenvalue weighted by atomic mass is 16.5. The summed E-state index contributed by atoms with van der Waals surface area (Å²) in [4.78, 5) is 16.0. The van der Waals surface area contributed by atoms with Gasteiger partial charge in [-0.3, -0.25) is 0 Å². The monoisotopic (exact) mass is 247 g/mol. The molecule has 2 aromatic rings. The molecule has 5 heteroatoms. The van der Waals surface area contributed by atoms with Crippen molar-refractivity contribution >= 4 is 11.6 Å². The van der Waals surface area contributed by atoms with Crippen LogP contribution < -0.4 is 0 Å². The van der Waals surface area contributed by atoms with Crippen molar-refractivity contribution in [3.8, 4) is 0 Å². The Morgan fingerprint density at radius 3 is 2.78 bits per heavy atom. The zero-order chi connectivity index (χ0) is 13.3. The van der Waals surface area contributed by atoms with E-state index in [0.717, 1.165) is 11.4 Å². The maximum Gasteiger partial charge on any atom is 0.357 e. The summed E-state index contributed by atoms with van der Waals surface area (Å²) in [6.45, 7) is 8.15. The molecule has 0 aromatic carbocycles. The van der Waals surface area contributed by atoms with Crippen molar-refractivity contribution in [3.05, 3.63) is 29.2 Å². The van der Waals surface area contributed by atoms with Gasteiger partial charge < -0.3 is 4.74 Å². The number of fused-ring (bicyclic) bond motifs is 1. The molecular weight excluding hydrogens is 230 g/mol. The molecule has 0 aliphatic carbocycles. The maximum atomic E-state index is 11.8. The van der Waals surface area contributed by atoms with Gasteiger partial charge in [0.05, 0.1) is 12.3 Å². The van der Waals surface area contributed by atoms with E-state index in [9.17, 15) is 4.79 Å². The van der Waals surface area contributed by atoms with Crippen LogP contribution >= 0.6 is 0 Å². The second-order valence-corrected chi connectivity index (χ2v) is 4.50. The fourth-order valence-corrected chi connectivity index (χ4v) is 1.83. The number of aryl methyl sites for hydroxylation is 1. The number of hydrogen-bond acceptors (Lipinski definition) is 4. The van der Waals surface area contributed by atoms with E-state index < -0.39 is 0 Å². The first-order valence-corrected chi connectivity index (χ1v) is 6.07. The van der Waals surface area contributed by atoms with Crippen LogP contribution in [0.3, 0.4) is 0 Å². The molecule has 2 aromatic heterocycles. The minimum Gasteiger partial charge on any atom is -0.461 e. The summed E-state index contributed by atoms with van der Waals surface area (Å²) in [6.07, 6.45) is 0. The van der Waals surface area contributed by atoms with Crippen molar-refractivity contribution in [2.45, 2.75) is 33.6 Å². The Hall–Kier alpha value is -1.91. The third kappa shape index (κ3) is 2.20. The number of rotatable bonds is 3. The number of aromatic nitrogens is 3. The number of esters is 1. The molecule has 0 aliphatic heterocycles. The fraction of sp³-hybridized carbons (Fsp3) is 0.462. The van der Waals surface area contributed by atoms with Gasteiger partial charge >= 0.3 is 5.97 Å². The molecule has 18 heavy (non-hydrogen) atoms. The average molecular weight is 247 g/mol. The molecule has 2 heterocycles. The van der Waals surface area contributed by atoms with E-state index in [4.69, 9.17) is 4.74 Å². The normalized spacial score (nSPS) is 11.2. The van der Waals surface area contributed by atoms with Gasteiger partial charge in [-0.1, -0.05) is 13.8 Å². The van der Waals surface area contributed by atoms with E-state index >= 15 is 0 Å². The number of nitrogens with zero attached hydrogens (tertiary/aromatic N) is 3. The third-order valence-corrected chi connectivity index (χ3v) is 2.65. The second-order valence-electron chi connectivity index (χ2n) is 4.50. The van der Waals surface area contributed by atoms with E-state index in [2.05, 4.69) is 23.9 Å². The zero-order valence-corrected chi connectivity index (χ0v) is 11.1. The number of carbonyl (C=O) groups excluding carboxylic acids is 1. The minimum absolute atomic E-state index is 0.253. The molecule has 0 N–H and O–H groups in total. The zero-order valence-electron chi connectivity index (χ0n) is 11.1. The van der Waals surface area contributed by atoms with Crippen LogP contribution in [0, 0.1) is 6.92 Å². The lowest BCUT2D eigenvalue weighted by atomic mass is 10.1. The van der Waals surface area contributed by atoms with Gasteiger partial charge in [-0.15, -0.1) is 0 Å². The summed E-state index contributed by atoms with van der Waals surface area (Å²) in [7, 11) is 0. The first-order valence-electron chi connectivity index (χ1n) is 6.07. The summed E-state index contributed by atoms with van der Waals surface area (Å²) >= 11 is 0. The molecule has 0 bridgehead atoms. The Bertz CT molecular complexity index is 587. The summed E-state index contributed by atoms with van der Waals surface area (Å²) in [6, 6.07) is 3.61. The summed E-state index contributed by atoms with van der Waals surface area (Å²) < 4.78 is 6.77. The molecule has 0 fully saturated rings. The minimum atomic E-state index is -0.388. The van der Waals surface area contributed by atoms with Crippen LogP contribution in [0.25, 0.3) is 5.65 Å². The smallest absolute Gasteiger partial charge is 0.357 e. The summed E-state index contributed by atoms with van der Waals surface area (Å²) in [5.41, 5.74) is 2.86. The molecule has 96 valence electrons. The van der Waals surface area contributed by atoms with Crippen LogP contribution in [0.4, 0.5) is 0 Å². The van der Waals surface area contributed by atoms with E-state index in [1.54, 1.807) is 17.5 Å². The summed E-state index contributed by atoms with van der Waals surface area (Å²) in [5, 5.41) is 4.38. The molecule has 0 aliphatic rings. The van der Waals surface area contributed by atoms with Gasteiger partial charge in [-0.05, 0) is 25.8 Å². The lowest BCUT2D eigenvalue weighted by Gasteiger charge is -2.10. The van der Waals surface area contributed by atoms with Crippen molar-refractivity contribution in [1.82, 2.24) is 14.6 Å². The van der Waals surface area contributed by atoms with Crippen LogP contribution in [-0.4, -0.2) is 27.2 Å². The Morgan fingerprint density at radius 1 is 1.44 bits per heavy atom. The molecule has 0 unspecified atom stereocenters. The third-order valence-electron chi connectivity index (χ3n) is 2.65. The number of hydrogen-bond donors (Lipinski definition) is 0. The SMILES string of the molecule is CCOC(=O)c1cc(C(C)C)n2nc(C)cc2n1. The van der Waals surface area contributed by atoms with Gasteiger partial charge in [0, 0.05) is 11.8 Å². The molecular formula is C13H17N3O2. The van der Waals surface area contributed by atoms with Crippen LogP contribution in [0.1, 0.15) is 48.6 Å². The first-order chi connectivity index (χ1) is 8.52. The molecule has 0 radical (unpaired) electrons. The highest BCUT2D eigenvalue weighted by Gasteiger charge is 2.15. The van der Waals surface area contributed by atoms with Gasteiger partial charge in [-0.2, -0.15) is 5.10 Å². The number of carbonyl (C=O) groups is 1. The van der Waals surface area contributed by atoms with Crippen molar-refractivity contribution < 1.29 is 9.53 Å². The molecule has 5 nitrogen and oxygen atoms in total. The second kappa shape index (κ2) is 4.76. The molecule has 0 saturated heterocycles. The Balaban J connectivity index is 2.60. The van der Waals surface area contributed by atoms with Gasteiger partial charge in [0.1, 0.15) is 0 Å². The van der Waals surface area contributed by atoms with Gasteiger partial charge in [-0.25, -0.2) is 14.3 Å². The van der Waals surface area contributed by atoms with Gasteiger partial charge in [0.25, 0.3) is 0 Å². The fourth-order valence-electron chi connectivity index (χ4n) is 1.83. The quantitative estimate of drug-likeness (QED) is 0.781. The van der Waals surface area contributed by atoms with Gasteiger partial charge in [0.15, 0.2) is 11.3 Å². The molecule has 0 spiro atoms. The molecule has 0 atom stereocenters. The molecule has 0 saturated carbocycles. The average Bonchev–Trinajstić information content (AvgIpc) is 2.67. The van der Waals surface area contributed by atoms with Crippen LogP contribution in [0.5, 0.6) is 0 Å². The standard InChI is InChI=1S/C13H17N3O2/c1-5-18-13(17)10-7-11(8(2)3)16-12(14-10)6-9(4)15-16/h6-8H,5H2,1-4H3. The highest BCUT2D eigenvalue weighted by molar-refractivity contribution is 5.88. The highest BCUT2D eigenvalue weighted by Crippen LogP contribution is 2.18. The van der Waals surface area contributed by atoms with E-state index in [0.29, 0.717) is 17.9 Å². The Morgan fingerprint density at radius 2 is 2.17 bits per heavy atom. The number of ether oxygens (including phenoxy) is 1. The largest absolute Gasteiger partial charge is 0.461 e. The lowest BCUT2D eigenvalue weighted by Crippen LogP contribution is -2.11. The van der Waals surface area contributed by atoms with Crippen molar-refractivity contribution in [2.24, 2.45) is 0 Å². The Kier molecular flexibility index (Phi) is 3.32. The van der Waals surface area contributed by atoms with E-state index in [-0.39, 0.29) is 11.9 Å². The van der Waals surface area contributed by atoms with E-state index in [1.165, 1.54) is 0 Å². The van der Waals surface area contributed by atoms with Crippen LogP contribution in [0.2, 0.25) is 0 Å². The topological polar surface area (TPSA) is 56.5 Å². The predicted octanol–water partition coefficient (Wildman–Crippen LogP) is 2.34. The van der Waals surface area contributed by atoms with Crippen LogP contribution in [0.15, 0.2) is 12.1 Å².